The number of halogens is 2. The molecule has 0 amide bonds. The minimum absolute atomic E-state index is 0.146. The van der Waals surface area contributed by atoms with Crippen LogP contribution in [0.1, 0.15) is 23.1 Å². The van der Waals surface area contributed by atoms with E-state index in [1.807, 2.05) is 26.0 Å². The van der Waals surface area contributed by atoms with Crippen molar-refractivity contribution < 1.29 is 8.78 Å². The van der Waals surface area contributed by atoms with Crippen LogP contribution in [0.5, 0.6) is 0 Å². The molecule has 0 heterocycles. The first-order chi connectivity index (χ1) is 9.99. The van der Waals surface area contributed by atoms with E-state index in [9.17, 15) is 8.78 Å². The molecule has 2 nitrogen and oxygen atoms in total. The average molecular weight is 290 g/mol. The highest BCUT2D eigenvalue weighted by atomic mass is 19.1. The number of anilines is 2. The number of hydrogen-bond donors (Lipinski definition) is 2. The van der Waals surface area contributed by atoms with E-state index in [4.69, 9.17) is 5.73 Å². The van der Waals surface area contributed by atoms with Crippen molar-refractivity contribution in [1.29, 1.82) is 0 Å². The quantitative estimate of drug-likeness (QED) is 0.639. The molecular formula is C17H20F2N2. The van der Waals surface area contributed by atoms with Crippen molar-refractivity contribution in [2.75, 3.05) is 17.6 Å². The van der Waals surface area contributed by atoms with Crippen LogP contribution in [-0.2, 0) is 6.42 Å². The Balaban J connectivity index is 1.92. The van der Waals surface area contributed by atoms with E-state index in [0.29, 0.717) is 25.1 Å². The summed E-state index contributed by atoms with van der Waals surface area (Å²) in [6.07, 6.45) is 0.987. The summed E-state index contributed by atoms with van der Waals surface area (Å²) in [4.78, 5) is 0. The lowest BCUT2D eigenvalue weighted by Crippen LogP contribution is -2.07. The second-order valence-electron chi connectivity index (χ2n) is 5.25. The van der Waals surface area contributed by atoms with E-state index < -0.39 is 11.6 Å². The molecule has 0 spiro atoms. The van der Waals surface area contributed by atoms with Gasteiger partial charge in [0.1, 0.15) is 11.6 Å². The van der Waals surface area contributed by atoms with E-state index in [1.165, 1.54) is 18.2 Å². The molecule has 0 saturated heterocycles. The molecule has 0 unspecified atom stereocenters. The number of nitrogen functional groups attached to an aromatic ring is 1. The van der Waals surface area contributed by atoms with Gasteiger partial charge in [0.15, 0.2) is 0 Å². The predicted molar refractivity (Wildman–Crippen MR) is 83.5 cm³/mol. The van der Waals surface area contributed by atoms with E-state index in [1.54, 1.807) is 0 Å². The maximum atomic E-state index is 13.5. The molecule has 4 heteroatoms. The predicted octanol–water partition coefficient (Wildman–Crippen LogP) is 4.21. The summed E-state index contributed by atoms with van der Waals surface area (Å²) in [5, 5.41) is 3.22. The Morgan fingerprint density at radius 2 is 1.67 bits per heavy atom. The van der Waals surface area contributed by atoms with Gasteiger partial charge in [0.25, 0.3) is 0 Å². The van der Waals surface area contributed by atoms with Crippen LogP contribution in [0.25, 0.3) is 0 Å². The van der Waals surface area contributed by atoms with Gasteiger partial charge in [0.05, 0.1) is 11.4 Å². The summed E-state index contributed by atoms with van der Waals surface area (Å²) in [6.45, 7) is 4.64. The van der Waals surface area contributed by atoms with Crippen molar-refractivity contribution >= 4 is 11.4 Å². The summed E-state index contributed by atoms with van der Waals surface area (Å²) in [6, 6.07) is 7.87. The summed E-state index contributed by atoms with van der Waals surface area (Å²) in [5.41, 5.74) is 9.96. The molecule has 0 aromatic heterocycles. The molecular weight excluding hydrogens is 270 g/mol. The zero-order valence-corrected chi connectivity index (χ0v) is 12.3. The first-order valence-corrected chi connectivity index (χ1v) is 7.02. The number of nitrogens with one attached hydrogen (secondary N) is 1. The van der Waals surface area contributed by atoms with Crippen molar-refractivity contribution in [1.82, 2.24) is 0 Å². The molecule has 0 bridgehead atoms. The molecule has 0 aliphatic heterocycles. The third-order valence-corrected chi connectivity index (χ3v) is 3.65. The van der Waals surface area contributed by atoms with E-state index >= 15 is 0 Å². The molecule has 2 aromatic rings. The molecule has 0 atom stereocenters. The van der Waals surface area contributed by atoms with Gasteiger partial charge in [0.2, 0.25) is 0 Å². The normalized spacial score (nSPS) is 10.7. The Hall–Kier alpha value is -2.10. The van der Waals surface area contributed by atoms with Crippen molar-refractivity contribution in [3.8, 4) is 0 Å². The lowest BCUT2D eigenvalue weighted by molar-refractivity contribution is 0.552. The van der Waals surface area contributed by atoms with Crippen molar-refractivity contribution in [2.24, 2.45) is 0 Å². The lowest BCUT2D eigenvalue weighted by Gasteiger charge is -2.12. The smallest absolute Gasteiger partial charge is 0.129 e. The second kappa shape index (κ2) is 6.57. The summed E-state index contributed by atoms with van der Waals surface area (Å²) in [7, 11) is 0. The van der Waals surface area contributed by atoms with Gasteiger partial charge in [-0.1, -0.05) is 6.07 Å². The van der Waals surface area contributed by atoms with Crippen LogP contribution < -0.4 is 11.1 Å². The highest BCUT2D eigenvalue weighted by molar-refractivity contribution is 5.68. The fourth-order valence-electron chi connectivity index (χ4n) is 2.25. The highest BCUT2D eigenvalue weighted by Gasteiger charge is 2.08. The summed E-state index contributed by atoms with van der Waals surface area (Å²) in [5.74, 6) is -0.971. The number of aryl methyl sites for hydroxylation is 2. The first-order valence-electron chi connectivity index (χ1n) is 7.02. The van der Waals surface area contributed by atoms with Crippen LogP contribution in [0, 0.1) is 25.5 Å². The second-order valence-corrected chi connectivity index (χ2v) is 5.25. The molecule has 2 rings (SSSR count). The molecule has 21 heavy (non-hydrogen) atoms. The molecule has 0 saturated carbocycles. The van der Waals surface area contributed by atoms with E-state index in [-0.39, 0.29) is 5.56 Å². The Bertz CT molecular complexity index is 619. The average Bonchev–Trinajstić information content (AvgIpc) is 2.42. The largest absolute Gasteiger partial charge is 0.397 e. The van der Waals surface area contributed by atoms with Crippen LogP contribution >= 0.6 is 0 Å². The van der Waals surface area contributed by atoms with Crippen molar-refractivity contribution in [3.05, 3.63) is 58.7 Å². The van der Waals surface area contributed by atoms with Crippen LogP contribution in [-0.4, -0.2) is 6.54 Å². The van der Waals surface area contributed by atoms with Gasteiger partial charge >= 0.3 is 0 Å². The van der Waals surface area contributed by atoms with Gasteiger partial charge in [-0.2, -0.15) is 0 Å². The Morgan fingerprint density at radius 1 is 1.05 bits per heavy atom. The number of hydrogen-bond acceptors (Lipinski definition) is 2. The molecule has 112 valence electrons. The topological polar surface area (TPSA) is 38.0 Å². The maximum absolute atomic E-state index is 13.5. The fraction of sp³-hybridized carbons (Fsp3) is 0.294. The number of rotatable bonds is 5. The van der Waals surface area contributed by atoms with Crippen LogP contribution in [0.4, 0.5) is 20.2 Å². The maximum Gasteiger partial charge on any atom is 0.129 e. The van der Waals surface area contributed by atoms with Gasteiger partial charge < -0.3 is 11.1 Å². The first kappa shape index (κ1) is 15.3. The SMILES string of the molecule is Cc1cc(N)c(NCCCc2c(F)cccc2F)cc1C. The van der Waals surface area contributed by atoms with Gasteiger partial charge in [-0.25, -0.2) is 8.78 Å². The zero-order valence-electron chi connectivity index (χ0n) is 12.3. The molecule has 0 aliphatic rings. The lowest BCUT2D eigenvalue weighted by atomic mass is 10.1. The van der Waals surface area contributed by atoms with Gasteiger partial charge in [-0.05, 0) is 62.1 Å². The molecule has 0 radical (unpaired) electrons. The molecule has 0 aliphatic carbocycles. The van der Waals surface area contributed by atoms with E-state index in [0.717, 1.165) is 16.8 Å². The third kappa shape index (κ3) is 3.72. The van der Waals surface area contributed by atoms with Crippen molar-refractivity contribution in [2.45, 2.75) is 26.7 Å². The minimum atomic E-state index is -0.485. The third-order valence-electron chi connectivity index (χ3n) is 3.65. The van der Waals surface area contributed by atoms with Crippen LogP contribution in [0.3, 0.4) is 0 Å². The number of nitrogens with two attached hydrogens (primary N) is 1. The summed E-state index contributed by atoms with van der Waals surface area (Å²) < 4.78 is 27.0. The van der Waals surface area contributed by atoms with Crippen LogP contribution in [0.15, 0.2) is 30.3 Å². The fourth-order valence-corrected chi connectivity index (χ4v) is 2.25. The standard InChI is InChI=1S/C17H20F2N2/c1-11-9-16(20)17(10-12(11)2)21-8-4-5-13-14(18)6-3-7-15(13)19/h3,6-7,9-10,21H,4-5,8,20H2,1-2H3. The number of benzene rings is 2. The van der Waals surface area contributed by atoms with Gasteiger partial charge in [0, 0.05) is 12.1 Å². The van der Waals surface area contributed by atoms with Gasteiger partial charge in [-0.15, -0.1) is 0 Å². The highest BCUT2D eigenvalue weighted by Crippen LogP contribution is 2.23. The van der Waals surface area contributed by atoms with Gasteiger partial charge in [-0.3, -0.25) is 0 Å². The molecule has 0 fully saturated rings. The van der Waals surface area contributed by atoms with E-state index in [2.05, 4.69) is 5.32 Å². The molecule has 2 aromatic carbocycles. The Morgan fingerprint density at radius 3 is 2.33 bits per heavy atom. The van der Waals surface area contributed by atoms with Crippen molar-refractivity contribution in [3.63, 3.8) is 0 Å². The monoisotopic (exact) mass is 290 g/mol. The minimum Gasteiger partial charge on any atom is -0.397 e. The zero-order chi connectivity index (χ0) is 15.4. The summed E-state index contributed by atoms with van der Waals surface area (Å²) >= 11 is 0. The Labute approximate surface area is 124 Å². The Kier molecular flexibility index (Phi) is 4.78. The molecule has 3 N–H and O–H groups in total. The van der Waals surface area contributed by atoms with Crippen LogP contribution in [0.2, 0.25) is 0 Å².